The third kappa shape index (κ3) is 4.86. The monoisotopic (exact) mass is 306 g/mol. The minimum atomic E-state index is 0.795. The Balaban J connectivity index is 1.68. The third-order valence-corrected chi connectivity index (χ3v) is 4.06. The number of aromatic nitrogens is 3. The average Bonchev–Trinajstić information content (AvgIpc) is 3.16. The molecular formula is C14H22N6S. The van der Waals surface area contributed by atoms with Crippen molar-refractivity contribution in [3.8, 4) is 0 Å². The van der Waals surface area contributed by atoms with Crippen LogP contribution in [0.15, 0.2) is 28.8 Å². The number of nitrogens with one attached hydrogen (secondary N) is 2. The number of aryl methyl sites for hydroxylation is 1. The normalized spacial score (nSPS) is 11.6. The number of thiophene rings is 1. The Morgan fingerprint density at radius 1 is 1.38 bits per heavy atom. The molecule has 0 aliphatic rings. The largest absolute Gasteiger partial charge is 0.356 e. The zero-order valence-electron chi connectivity index (χ0n) is 12.5. The molecule has 0 fully saturated rings. The molecule has 0 radical (unpaired) electrons. The molecule has 7 heteroatoms. The van der Waals surface area contributed by atoms with Crippen molar-refractivity contribution in [3.05, 3.63) is 34.5 Å². The Bertz CT molecular complexity index is 546. The molecule has 0 aliphatic heterocycles. The van der Waals surface area contributed by atoms with E-state index in [0.29, 0.717) is 0 Å². The van der Waals surface area contributed by atoms with E-state index < -0.39 is 0 Å². The topological polar surface area (TPSA) is 67.1 Å². The van der Waals surface area contributed by atoms with Gasteiger partial charge in [0.1, 0.15) is 12.2 Å². The van der Waals surface area contributed by atoms with Crippen molar-refractivity contribution in [3.63, 3.8) is 0 Å². The van der Waals surface area contributed by atoms with Crippen LogP contribution in [0, 0.1) is 0 Å². The van der Waals surface area contributed by atoms with Gasteiger partial charge in [0.2, 0.25) is 0 Å². The van der Waals surface area contributed by atoms with Crippen LogP contribution in [0.5, 0.6) is 0 Å². The number of hydrogen-bond acceptors (Lipinski definition) is 4. The van der Waals surface area contributed by atoms with Crippen LogP contribution in [0.25, 0.3) is 0 Å². The van der Waals surface area contributed by atoms with Crippen LogP contribution in [-0.4, -0.2) is 40.9 Å². The van der Waals surface area contributed by atoms with Gasteiger partial charge >= 0.3 is 0 Å². The number of aliphatic imine (C=N–C) groups is 1. The molecule has 0 aromatic carbocycles. The lowest BCUT2D eigenvalue weighted by Gasteiger charge is -2.12. The zero-order chi connectivity index (χ0) is 14.9. The molecule has 0 saturated carbocycles. The molecule has 0 unspecified atom stereocenters. The van der Waals surface area contributed by atoms with E-state index in [1.165, 1.54) is 4.88 Å². The van der Waals surface area contributed by atoms with Crippen molar-refractivity contribution in [1.29, 1.82) is 0 Å². The second-order valence-corrected chi connectivity index (χ2v) is 5.58. The van der Waals surface area contributed by atoms with Crippen LogP contribution >= 0.6 is 11.3 Å². The smallest absolute Gasteiger partial charge is 0.191 e. The first-order valence-electron chi connectivity index (χ1n) is 7.17. The summed E-state index contributed by atoms with van der Waals surface area (Å²) in [5.74, 6) is 1.84. The summed E-state index contributed by atoms with van der Waals surface area (Å²) in [5.41, 5.74) is 0. The summed E-state index contributed by atoms with van der Waals surface area (Å²) in [6, 6.07) is 4.23. The molecule has 21 heavy (non-hydrogen) atoms. The number of guanidine groups is 1. The van der Waals surface area contributed by atoms with E-state index >= 15 is 0 Å². The number of rotatable bonds is 7. The first kappa shape index (κ1) is 15.5. The summed E-state index contributed by atoms with van der Waals surface area (Å²) in [4.78, 5) is 5.61. The van der Waals surface area contributed by atoms with Crippen molar-refractivity contribution in [1.82, 2.24) is 25.4 Å². The highest BCUT2D eigenvalue weighted by molar-refractivity contribution is 7.09. The molecule has 2 N–H and O–H groups in total. The van der Waals surface area contributed by atoms with E-state index in [9.17, 15) is 0 Å². The summed E-state index contributed by atoms with van der Waals surface area (Å²) >= 11 is 1.78. The van der Waals surface area contributed by atoms with Gasteiger partial charge in [-0.15, -0.1) is 21.5 Å². The maximum Gasteiger partial charge on any atom is 0.191 e. The number of nitrogens with zero attached hydrogens (tertiary/aromatic N) is 4. The Kier molecular flexibility index (Phi) is 6.21. The second-order valence-electron chi connectivity index (χ2n) is 4.55. The van der Waals surface area contributed by atoms with Gasteiger partial charge in [0.05, 0.1) is 0 Å². The summed E-state index contributed by atoms with van der Waals surface area (Å²) in [5, 5.41) is 16.7. The predicted molar refractivity (Wildman–Crippen MR) is 86.8 cm³/mol. The molecule has 0 saturated heterocycles. The molecule has 2 rings (SSSR count). The van der Waals surface area contributed by atoms with Crippen molar-refractivity contribution in [2.45, 2.75) is 26.3 Å². The molecule has 2 heterocycles. The molecule has 0 amide bonds. The Morgan fingerprint density at radius 3 is 2.95 bits per heavy atom. The van der Waals surface area contributed by atoms with Gasteiger partial charge in [0.25, 0.3) is 0 Å². The van der Waals surface area contributed by atoms with Gasteiger partial charge in [-0.2, -0.15) is 0 Å². The van der Waals surface area contributed by atoms with E-state index in [2.05, 4.69) is 54.8 Å². The molecule has 0 spiro atoms. The third-order valence-electron chi connectivity index (χ3n) is 3.12. The Hall–Kier alpha value is -1.89. The molecule has 2 aromatic rings. The fourth-order valence-corrected chi connectivity index (χ4v) is 2.72. The van der Waals surface area contributed by atoms with E-state index in [1.54, 1.807) is 24.7 Å². The Morgan fingerprint density at radius 2 is 2.24 bits per heavy atom. The highest BCUT2D eigenvalue weighted by Gasteiger charge is 2.02. The standard InChI is InChI=1S/C14H22N6S/c1-3-13-19-18-11-20(13)9-8-17-14(15-2)16-7-6-12-5-4-10-21-12/h4-5,10-11H,3,6-9H2,1-2H3,(H2,15,16,17). The van der Waals surface area contributed by atoms with Gasteiger partial charge in [-0.25, -0.2) is 0 Å². The lowest BCUT2D eigenvalue weighted by atomic mass is 10.3. The SMILES string of the molecule is CCc1nncn1CCNC(=NC)NCCc1cccs1. The lowest BCUT2D eigenvalue weighted by Crippen LogP contribution is -2.39. The van der Waals surface area contributed by atoms with Crippen molar-refractivity contribution >= 4 is 17.3 Å². The average molecular weight is 306 g/mol. The van der Waals surface area contributed by atoms with Crippen molar-refractivity contribution < 1.29 is 0 Å². The van der Waals surface area contributed by atoms with E-state index in [1.807, 2.05) is 0 Å². The number of hydrogen-bond donors (Lipinski definition) is 2. The van der Waals surface area contributed by atoms with E-state index in [4.69, 9.17) is 0 Å². The van der Waals surface area contributed by atoms with Gasteiger partial charge in [-0.1, -0.05) is 13.0 Å². The minimum absolute atomic E-state index is 0.795. The quantitative estimate of drug-likeness (QED) is 0.598. The molecule has 6 nitrogen and oxygen atoms in total. The fraction of sp³-hybridized carbons (Fsp3) is 0.500. The van der Waals surface area contributed by atoms with Crippen LogP contribution in [0.3, 0.4) is 0 Å². The summed E-state index contributed by atoms with van der Waals surface area (Å²) in [7, 11) is 1.79. The van der Waals surface area contributed by atoms with E-state index in [-0.39, 0.29) is 0 Å². The van der Waals surface area contributed by atoms with Crippen LogP contribution in [0.1, 0.15) is 17.6 Å². The van der Waals surface area contributed by atoms with Gasteiger partial charge in [-0.3, -0.25) is 4.99 Å². The molecule has 0 atom stereocenters. The molecule has 0 aliphatic carbocycles. The predicted octanol–water partition coefficient (Wildman–Crippen LogP) is 1.31. The first-order valence-corrected chi connectivity index (χ1v) is 8.05. The van der Waals surface area contributed by atoms with Gasteiger partial charge in [-0.05, 0) is 17.9 Å². The maximum absolute atomic E-state index is 4.23. The molecule has 0 bridgehead atoms. The minimum Gasteiger partial charge on any atom is -0.356 e. The molecular weight excluding hydrogens is 284 g/mol. The van der Waals surface area contributed by atoms with Crippen LogP contribution in [0.2, 0.25) is 0 Å². The van der Waals surface area contributed by atoms with Crippen LogP contribution < -0.4 is 10.6 Å². The van der Waals surface area contributed by atoms with Gasteiger partial charge in [0, 0.05) is 38.0 Å². The van der Waals surface area contributed by atoms with Crippen LogP contribution in [0.4, 0.5) is 0 Å². The summed E-state index contributed by atoms with van der Waals surface area (Å²) < 4.78 is 2.06. The lowest BCUT2D eigenvalue weighted by molar-refractivity contribution is 0.632. The molecule has 2 aromatic heterocycles. The van der Waals surface area contributed by atoms with Gasteiger partial charge < -0.3 is 15.2 Å². The van der Waals surface area contributed by atoms with Crippen molar-refractivity contribution in [2.24, 2.45) is 4.99 Å². The van der Waals surface area contributed by atoms with E-state index in [0.717, 1.165) is 44.3 Å². The summed E-state index contributed by atoms with van der Waals surface area (Å²) in [6.07, 6.45) is 3.69. The maximum atomic E-state index is 4.23. The van der Waals surface area contributed by atoms with Gasteiger partial charge in [0.15, 0.2) is 5.96 Å². The second kappa shape index (κ2) is 8.41. The highest BCUT2D eigenvalue weighted by Crippen LogP contribution is 2.07. The van der Waals surface area contributed by atoms with Crippen LogP contribution in [-0.2, 0) is 19.4 Å². The summed E-state index contributed by atoms with van der Waals surface area (Å²) in [6.45, 7) is 4.59. The highest BCUT2D eigenvalue weighted by atomic mass is 32.1. The molecule has 114 valence electrons. The Labute approximate surface area is 129 Å². The fourth-order valence-electron chi connectivity index (χ4n) is 2.01. The zero-order valence-corrected chi connectivity index (χ0v) is 13.4. The van der Waals surface area contributed by atoms with Crippen molar-refractivity contribution in [2.75, 3.05) is 20.1 Å². The first-order chi connectivity index (χ1) is 10.3.